The number of rotatable bonds is 9. The highest BCUT2D eigenvalue weighted by Crippen LogP contribution is 2.31. The summed E-state index contributed by atoms with van der Waals surface area (Å²) in [7, 11) is 4.25. The number of benzene rings is 2. The van der Waals surface area contributed by atoms with Crippen molar-refractivity contribution < 1.29 is 39.1 Å². The Kier molecular flexibility index (Phi) is 7.88. The van der Waals surface area contributed by atoms with Gasteiger partial charge in [-0.2, -0.15) is 0 Å². The fourth-order valence-electron chi connectivity index (χ4n) is 2.65. The van der Waals surface area contributed by atoms with Gasteiger partial charge in [-0.05, 0) is 41.5 Å². The summed E-state index contributed by atoms with van der Waals surface area (Å²) in [6.45, 7) is -0.302. The Bertz CT molecular complexity index is 862. The molecule has 0 heterocycles. The molecule has 0 radical (unpaired) electrons. The zero-order valence-electron chi connectivity index (χ0n) is 16.4. The molecule has 0 aliphatic carbocycles. The molecule has 2 atom stereocenters. The molecule has 0 aliphatic rings. The van der Waals surface area contributed by atoms with Gasteiger partial charge in [0.1, 0.15) is 18.8 Å². The van der Waals surface area contributed by atoms with Crippen molar-refractivity contribution in [1.29, 1.82) is 0 Å². The molecule has 0 saturated heterocycles. The molecular formula is C21H24O8. The van der Waals surface area contributed by atoms with Crippen LogP contribution in [0.2, 0.25) is 0 Å². The Morgan fingerprint density at radius 1 is 1.00 bits per heavy atom. The van der Waals surface area contributed by atoms with E-state index in [-0.39, 0.29) is 29.6 Å². The third-order valence-corrected chi connectivity index (χ3v) is 4.15. The molecule has 29 heavy (non-hydrogen) atoms. The average molecular weight is 404 g/mol. The number of ether oxygens (including phenoxy) is 4. The molecule has 0 aliphatic heterocycles. The van der Waals surface area contributed by atoms with Gasteiger partial charge < -0.3 is 34.3 Å². The number of esters is 1. The molecular weight excluding hydrogens is 380 g/mol. The zero-order valence-corrected chi connectivity index (χ0v) is 16.4. The molecule has 0 saturated carbocycles. The highest BCUT2D eigenvalue weighted by Gasteiger charge is 2.23. The Hall–Kier alpha value is -3.23. The number of carbonyl (C=O) groups excluding carboxylic acids is 1. The smallest absolute Gasteiger partial charge is 0.330 e. The molecule has 8 heteroatoms. The van der Waals surface area contributed by atoms with Gasteiger partial charge in [-0.3, -0.25) is 0 Å². The average Bonchev–Trinajstić information content (AvgIpc) is 2.73. The van der Waals surface area contributed by atoms with E-state index in [0.29, 0.717) is 11.1 Å². The second-order valence-corrected chi connectivity index (χ2v) is 6.05. The van der Waals surface area contributed by atoms with Gasteiger partial charge in [0.15, 0.2) is 23.0 Å². The molecule has 8 nitrogen and oxygen atoms in total. The highest BCUT2D eigenvalue weighted by molar-refractivity contribution is 5.87. The van der Waals surface area contributed by atoms with Crippen LogP contribution in [0.4, 0.5) is 0 Å². The van der Waals surface area contributed by atoms with Crippen molar-refractivity contribution in [2.75, 3.05) is 27.9 Å². The quantitative estimate of drug-likeness (QED) is 0.431. The van der Waals surface area contributed by atoms with Gasteiger partial charge in [0.05, 0.1) is 14.2 Å². The van der Waals surface area contributed by atoms with Crippen LogP contribution in [-0.4, -0.2) is 55.3 Å². The molecule has 0 aromatic heterocycles. The van der Waals surface area contributed by atoms with Gasteiger partial charge in [-0.1, -0.05) is 12.1 Å². The maximum atomic E-state index is 11.9. The molecule has 2 aromatic carbocycles. The van der Waals surface area contributed by atoms with Crippen LogP contribution in [-0.2, 0) is 14.3 Å². The van der Waals surface area contributed by atoms with Gasteiger partial charge >= 0.3 is 5.97 Å². The van der Waals surface area contributed by atoms with Crippen LogP contribution < -0.4 is 9.47 Å². The Balaban J connectivity index is 1.97. The summed E-state index contributed by atoms with van der Waals surface area (Å²) in [5.41, 5.74) is 1.18. The predicted molar refractivity (Wildman–Crippen MR) is 105 cm³/mol. The van der Waals surface area contributed by atoms with Crippen molar-refractivity contribution in [1.82, 2.24) is 0 Å². The maximum absolute atomic E-state index is 11.9. The van der Waals surface area contributed by atoms with Crippen molar-refractivity contribution >= 4 is 12.0 Å². The van der Waals surface area contributed by atoms with E-state index >= 15 is 0 Å². The molecule has 2 aromatic rings. The number of aliphatic hydroxyl groups excluding tert-OH is 1. The number of aliphatic hydroxyl groups is 1. The topological polar surface area (TPSA) is 115 Å². The largest absolute Gasteiger partial charge is 0.504 e. The van der Waals surface area contributed by atoms with Crippen molar-refractivity contribution in [3.63, 3.8) is 0 Å². The molecule has 0 spiro atoms. The Labute approximate surface area is 168 Å². The molecule has 0 bridgehead atoms. The predicted octanol–water partition coefficient (Wildman–Crippen LogP) is 2.42. The molecule has 2 rings (SSSR count). The minimum absolute atomic E-state index is 0.00758. The van der Waals surface area contributed by atoms with Gasteiger partial charge in [-0.15, -0.1) is 0 Å². The van der Waals surface area contributed by atoms with E-state index in [1.807, 2.05) is 0 Å². The number of aromatic hydroxyl groups is 2. The number of carbonyl (C=O) groups is 1. The summed E-state index contributed by atoms with van der Waals surface area (Å²) < 4.78 is 20.4. The SMILES string of the molecule is COc1cc(/C=C/C(=O)OCC(O)C(OC)c2ccc(O)c(OC)c2)ccc1O. The van der Waals surface area contributed by atoms with Crippen LogP contribution in [0, 0.1) is 0 Å². The van der Waals surface area contributed by atoms with Crippen molar-refractivity contribution in [3.8, 4) is 23.0 Å². The van der Waals surface area contributed by atoms with E-state index in [9.17, 15) is 20.1 Å². The van der Waals surface area contributed by atoms with Gasteiger partial charge in [0.2, 0.25) is 0 Å². The standard InChI is InChI=1S/C21H24O8/c1-26-18-10-13(4-7-15(18)22)5-9-20(25)29-12-17(24)21(28-3)14-6-8-16(23)19(11-14)27-2/h4-11,17,21-24H,12H2,1-3H3/b9-5+. The lowest BCUT2D eigenvalue weighted by molar-refractivity contribution is -0.143. The number of phenols is 2. The minimum Gasteiger partial charge on any atom is -0.504 e. The maximum Gasteiger partial charge on any atom is 0.330 e. The number of phenolic OH excluding ortho intramolecular Hbond substituents is 2. The Morgan fingerprint density at radius 3 is 2.24 bits per heavy atom. The minimum atomic E-state index is -1.14. The van der Waals surface area contributed by atoms with E-state index in [2.05, 4.69) is 0 Å². The molecule has 156 valence electrons. The zero-order chi connectivity index (χ0) is 21.4. The van der Waals surface area contributed by atoms with E-state index < -0.39 is 18.2 Å². The number of methoxy groups -OCH3 is 3. The van der Waals surface area contributed by atoms with Crippen molar-refractivity contribution in [2.24, 2.45) is 0 Å². The van der Waals surface area contributed by atoms with Crippen LogP contribution in [0.3, 0.4) is 0 Å². The second kappa shape index (κ2) is 10.4. The van der Waals surface area contributed by atoms with Crippen LogP contribution in [0.5, 0.6) is 23.0 Å². The molecule has 3 N–H and O–H groups in total. The molecule has 0 amide bonds. The van der Waals surface area contributed by atoms with Crippen LogP contribution in [0.25, 0.3) is 6.08 Å². The summed E-state index contributed by atoms with van der Waals surface area (Å²) in [5, 5.41) is 29.6. The van der Waals surface area contributed by atoms with E-state index in [1.165, 1.54) is 51.7 Å². The lowest BCUT2D eigenvalue weighted by Crippen LogP contribution is -2.26. The van der Waals surface area contributed by atoms with E-state index in [1.54, 1.807) is 18.2 Å². The van der Waals surface area contributed by atoms with Crippen LogP contribution >= 0.6 is 0 Å². The fraction of sp³-hybridized carbons (Fsp3) is 0.286. The number of hydrogen-bond acceptors (Lipinski definition) is 8. The lowest BCUT2D eigenvalue weighted by atomic mass is 10.0. The summed E-state index contributed by atoms with van der Waals surface area (Å²) in [5.74, 6) is -0.187. The normalized spacial score (nSPS) is 13.1. The lowest BCUT2D eigenvalue weighted by Gasteiger charge is -2.22. The first-order valence-corrected chi connectivity index (χ1v) is 8.69. The highest BCUT2D eigenvalue weighted by atomic mass is 16.5. The molecule has 0 fully saturated rings. The van der Waals surface area contributed by atoms with Crippen LogP contribution in [0.1, 0.15) is 17.2 Å². The first kappa shape index (κ1) is 22.1. The fourth-order valence-corrected chi connectivity index (χ4v) is 2.65. The molecule has 2 unspecified atom stereocenters. The first-order valence-electron chi connectivity index (χ1n) is 8.69. The Morgan fingerprint density at radius 2 is 1.62 bits per heavy atom. The number of hydrogen-bond donors (Lipinski definition) is 3. The van der Waals surface area contributed by atoms with E-state index in [4.69, 9.17) is 18.9 Å². The third-order valence-electron chi connectivity index (χ3n) is 4.15. The van der Waals surface area contributed by atoms with Crippen molar-refractivity contribution in [3.05, 3.63) is 53.6 Å². The summed E-state index contributed by atoms with van der Waals surface area (Å²) in [6, 6.07) is 9.15. The summed E-state index contributed by atoms with van der Waals surface area (Å²) in [4.78, 5) is 11.9. The second-order valence-electron chi connectivity index (χ2n) is 6.05. The van der Waals surface area contributed by atoms with Gasteiger partial charge in [-0.25, -0.2) is 4.79 Å². The van der Waals surface area contributed by atoms with E-state index in [0.717, 1.165) is 0 Å². The van der Waals surface area contributed by atoms with Crippen LogP contribution in [0.15, 0.2) is 42.5 Å². The monoisotopic (exact) mass is 404 g/mol. The van der Waals surface area contributed by atoms with Gasteiger partial charge in [0, 0.05) is 13.2 Å². The van der Waals surface area contributed by atoms with Crippen molar-refractivity contribution in [2.45, 2.75) is 12.2 Å². The van der Waals surface area contributed by atoms with Gasteiger partial charge in [0.25, 0.3) is 0 Å². The summed E-state index contributed by atoms with van der Waals surface area (Å²) in [6.07, 6.45) is 0.766. The first-order chi connectivity index (χ1) is 13.9. The third kappa shape index (κ3) is 5.87. The summed E-state index contributed by atoms with van der Waals surface area (Å²) >= 11 is 0.